The van der Waals surface area contributed by atoms with Crippen LogP contribution in [0.3, 0.4) is 0 Å². The van der Waals surface area contributed by atoms with E-state index in [-0.39, 0.29) is 24.0 Å². The van der Waals surface area contributed by atoms with Crippen LogP contribution in [-0.2, 0) is 0 Å². The van der Waals surface area contributed by atoms with Gasteiger partial charge in [-0.05, 0) is 19.1 Å². The molecule has 0 spiro atoms. The fraction of sp³-hybridized carbons (Fsp3) is 0.250. The van der Waals surface area contributed by atoms with Crippen LogP contribution in [0.1, 0.15) is 18.5 Å². The van der Waals surface area contributed by atoms with Crippen molar-refractivity contribution in [1.29, 1.82) is 0 Å². The lowest BCUT2D eigenvalue weighted by Gasteiger charge is -2.08. The maximum absolute atomic E-state index is 11.7. The summed E-state index contributed by atoms with van der Waals surface area (Å²) in [6, 6.07) is 4.88. The van der Waals surface area contributed by atoms with Crippen molar-refractivity contribution in [2.45, 2.75) is 13.0 Å². The minimum Gasteiger partial charge on any atom is -0.495 e. The Balaban J connectivity index is 0.00000162. The molecule has 98 valence electrons. The number of hydrogen-bond acceptors (Lipinski definition) is 3. The van der Waals surface area contributed by atoms with Crippen LogP contribution >= 0.6 is 24.0 Å². The zero-order valence-corrected chi connectivity index (χ0v) is 11.6. The SMILES string of the molecule is COc1cc2[nH]c(=O)c([C@H](C)N)cc2cc1Cl.Cl. The van der Waals surface area contributed by atoms with E-state index in [2.05, 4.69) is 4.98 Å². The predicted molar refractivity (Wildman–Crippen MR) is 76.0 cm³/mol. The lowest BCUT2D eigenvalue weighted by molar-refractivity contribution is 0.415. The van der Waals surface area contributed by atoms with Crippen molar-refractivity contribution in [3.63, 3.8) is 0 Å². The van der Waals surface area contributed by atoms with Crippen LogP contribution in [0.5, 0.6) is 5.75 Å². The number of halogens is 2. The lowest BCUT2D eigenvalue weighted by Crippen LogP contribution is -2.19. The highest BCUT2D eigenvalue weighted by Gasteiger charge is 2.09. The number of methoxy groups -OCH3 is 1. The van der Waals surface area contributed by atoms with Gasteiger partial charge in [0.15, 0.2) is 0 Å². The van der Waals surface area contributed by atoms with Crippen molar-refractivity contribution < 1.29 is 4.74 Å². The number of aromatic amines is 1. The highest BCUT2D eigenvalue weighted by molar-refractivity contribution is 6.32. The molecule has 0 unspecified atom stereocenters. The van der Waals surface area contributed by atoms with E-state index in [1.165, 1.54) is 7.11 Å². The topological polar surface area (TPSA) is 68.1 Å². The van der Waals surface area contributed by atoms with E-state index >= 15 is 0 Å². The summed E-state index contributed by atoms with van der Waals surface area (Å²) >= 11 is 6.03. The third-order valence-corrected chi connectivity index (χ3v) is 2.93. The van der Waals surface area contributed by atoms with Gasteiger partial charge in [0.2, 0.25) is 0 Å². The molecule has 0 aliphatic heterocycles. The van der Waals surface area contributed by atoms with E-state index in [9.17, 15) is 4.79 Å². The van der Waals surface area contributed by atoms with E-state index < -0.39 is 0 Å². The normalized spacial score (nSPS) is 12.0. The molecule has 0 bridgehead atoms. The molecule has 18 heavy (non-hydrogen) atoms. The molecule has 0 aliphatic carbocycles. The first-order chi connectivity index (χ1) is 8.02. The molecule has 4 nitrogen and oxygen atoms in total. The maximum Gasteiger partial charge on any atom is 0.253 e. The lowest BCUT2D eigenvalue weighted by atomic mass is 10.1. The van der Waals surface area contributed by atoms with Gasteiger partial charge in [-0.25, -0.2) is 0 Å². The third-order valence-electron chi connectivity index (χ3n) is 2.64. The average molecular weight is 289 g/mol. The van der Waals surface area contributed by atoms with Gasteiger partial charge in [0.1, 0.15) is 5.75 Å². The quantitative estimate of drug-likeness (QED) is 0.893. The number of aromatic nitrogens is 1. The number of pyridine rings is 1. The highest BCUT2D eigenvalue weighted by Crippen LogP contribution is 2.29. The van der Waals surface area contributed by atoms with E-state index in [0.29, 0.717) is 21.9 Å². The van der Waals surface area contributed by atoms with Crippen molar-refractivity contribution in [1.82, 2.24) is 4.98 Å². The number of H-pyrrole nitrogens is 1. The number of ether oxygens (including phenoxy) is 1. The molecule has 2 rings (SSSR count). The van der Waals surface area contributed by atoms with E-state index in [1.807, 2.05) is 0 Å². The molecule has 2 aromatic rings. The Labute approximate surface area is 115 Å². The first-order valence-corrected chi connectivity index (χ1v) is 5.56. The fourth-order valence-corrected chi connectivity index (χ4v) is 1.97. The first kappa shape index (κ1) is 14.8. The molecular formula is C12H14Cl2N2O2. The van der Waals surface area contributed by atoms with Crippen molar-refractivity contribution >= 4 is 34.9 Å². The molecule has 0 amide bonds. The molecule has 1 heterocycles. The number of hydrogen-bond donors (Lipinski definition) is 2. The van der Waals surface area contributed by atoms with E-state index in [1.54, 1.807) is 25.1 Å². The van der Waals surface area contributed by atoms with Gasteiger partial charge in [0, 0.05) is 23.1 Å². The molecule has 0 saturated carbocycles. The summed E-state index contributed by atoms with van der Waals surface area (Å²) in [4.78, 5) is 14.5. The molecule has 0 fully saturated rings. The minimum absolute atomic E-state index is 0. The Morgan fingerprint density at radius 2 is 2.06 bits per heavy atom. The molecule has 0 radical (unpaired) electrons. The van der Waals surface area contributed by atoms with Gasteiger partial charge in [-0.2, -0.15) is 0 Å². The molecular weight excluding hydrogens is 275 g/mol. The monoisotopic (exact) mass is 288 g/mol. The van der Waals surface area contributed by atoms with Crippen molar-refractivity contribution in [3.05, 3.63) is 39.1 Å². The second-order valence-electron chi connectivity index (χ2n) is 3.92. The second-order valence-corrected chi connectivity index (χ2v) is 4.32. The summed E-state index contributed by atoms with van der Waals surface area (Å²) in [5.74, 6) is 0.531. The summed E-state index contributed by atoms with van der Waals surface area (Å²) in [5.41, 5.74) is 6.76. The van der Waals surface area contributed by atoms with Crippen molar-refractivity contribution in [3.8, 4) is 5.75 Å². The third kappa shape index (κ3) is 2.61. The molecule has 1 aromatic heterocycles. The van der Waals surface area contributed by atoms with Crippen LogP contribution in [0.25, 0.3) is 10.9 Å². The van der Waals surface area contributed by atoms with Crippen LogP contribution in [0, 0.1) is 0 Å². The fourth-order valence-electron chi connectivity index (χ4n) is 1.72. The smallest absolute Gasteiger partial charge is 0.253 e. The molecule has 3 N–H and O–H groups in total. The van der Waals surface area contributed by atoms with Gasteiger partial charge in [0.05, 0.1) is 17.6 Å². The maximum atomic E-state index is 11.7. The van der Waals surface area contributed by atoms with Gasteiger partial charge in [-0.15, -0.1) is 12.4 Å². The number of rotatable bonds is 2. The number of fused-ring (bicyclic) bond motifs is 1. The largest absolute Gasteiger partial charge is 0.495 e. The average Bonchev–Trinajstić information content (AvgIpc) is 2.27. The summed E-state index contributed by atoms with van der Waals surface area (Å²) in [7, 11) is 1.53. The Morgan fingerprint density at radius 1 is 1.39 bits per heavy atom. The zero-order chi connectivity index (χ0) is 12.6. The molecule has 0 saturated heterocycles. The Bertz CT molecular complexity index is 623. The van der Waals surface area contributed by atoms with Crippen molar-refractivity contribution in [2.75, 3.05) is 7.11 Å². The molecule has 6 heteroatoms. The zero-order valence-electron chi connectivity index (χ0n) is 9.99. The Hall–Kier alpha value is -1.23. The summed E-state index contributed by atoms with van der Waals surface area (Å²) in [6.45, 7) is 1.77. The van der Waals surface area contributed by atoms with Crippen LogP contribution < -0.4 is 16.0 Å². The van der Waals surface area contributed by atoms with Crippen LogP contribution in [0.15, 0.2) is 23.0 Å². The van der Waals surface area contributed by atoms with Crippen LogP contribution in [-0.4, -0.2) is 12.1 Å². The van der Waals surface area contributed by atoms with Gasteiger partial charge in [-0.1, -0.05) is 11.6 Å². The van der Waals surface area contributed by atoms with Gasteiger partial charge >= 0.3 is 0 Å². The summed E-state index contributed by atoms with van der Waals surface area (Å²) in [5, 5.41) is 1.34. The number of nitrogens with one attached hydrogen (secondary N) is 1. The van der Waals surface area contributed by atoms with Gasteiger partial charge in [-0.3, -0.25) is 4.79 Å². The molecule has 1 aromatic carbocycles. The van der Waals surface area contributed by atoms with E-state index in [0.717, 1.165) is 5.39 Å². The van der Waals surface area contributed by atoms with Crippen LogP contribution in [0.4, 0.5) is 0 Å². The Morgan fingerprint density at radius 3 is 2.61 bits per heavy atom. The number of benzene rings is 1. The van der Waals surface area contributed by atoms with Gasteiger partial charge < -0.3 is 15.5 Å². The van der Waals surface area contributed by atoms with Crippen molar-refractivity contribution in [2.24, 2.45) is 5.73 Å². The predicted octanol–water partition coefficient (Wildman–Crippen LogP) is 2.63. The minimum atomic E-state index is -0.316. The second kappa shape index (κ2) is 5.61. The molecule has 1 atom stereocenters. The Kier molecular flexibility index (Phi) is 4.62. The highest BCUT2D eigenvalue weighted by atomic mass is 35.5. The molecule has 0 aliphatic rings. The van der Waals surface area contributed by atoms with Crippen LogP contribution in [0.2, 0.25) is 5.02 Å². The van der Waals surface area contributed by atoms with Gasteiger partial charge in [0.25, 0.3) is 5.56 Å². The van der Waals surface area contributed by atoms with E-state index in [4.69, 9.17) is 22.1 Å². The number of nitrogens with two attached hydrogens (primary N) is 1. The standard InChI is InChI=1S/C12H13ClN2O2.ClH/c1-6(14)8-3-7-4-9(13)11(17-2)5-10(7)15-12(8)16;/h3-6H,14H2,1-2H3,(H,15,16);1H/t6-;/m0./s1. The summed E-state index contributed by atoms with van der Waals surface area (Å²) < 4.78 is 5.09. The summed E-state index contributed by atoms with van der Waals surface area (Å²) in [6.07, 6.45) is 0. The first-order valence-electron chi connectivity index (χ1n) is 5.19.